The Morgan fingerprint density at radius 3 is 2.68 bits per heavy atom. The summed E-state index contributed by atoms with van der Waals surface area (Å²) in [5, 5.41) is 5.95. The second-order valence-corrected chi connectivity index (χ2v) is 11.3. The molecule has 4 rings (SSSR count). The summed E-state index contributed by atoms with van der Waals surface area (Å²) in [7, 11) is 0. The summed E-state index contributed by atoms with van der Waals surface area (Å²) in [6.45, 7) is 6.57. The molecule has 168 valence electrons. The predicted octanol–water partition coefficient (Wildman–Crippen LogP) is 3.85. The first-order chi connectivity index (χ1) is 14.8. The second kappa shape index (κ2) is 9.32. The lowest BCUT2D eigenvalue weighted by Crippen LogP contribution is -2.43. The normalized spacial score (nSPS) is 16.9. The minimum atomic E-state index is -0.547. The highest BCUT2D eigenvalue weighted by atomic mass is 32.2. The van der Waals surface area contributed by atoms with E-state index in [-0.39, 0.29) is 17.5 Å². The highest BCUT2D eigenvalue weighted by molar-refractivity contribution is 8.00. The molecule has 7 nitrogen and oxygen atoms in total. The molecule has 0 saturated heterocycles. The van der Waals surface area contributed by atoms with Gasteiger partial charge in [0.2, 0.25) is 5.91 Å². The molecular weight excluding hydrogens is 432 g/mol. The molecule has 9 heteroatoms. The van der Waals surface area contributed by atoms with E-state index in [9.17, 15) is 14.4 Å². The van der Waals surface area contributed by atoms with Gasteiger partial charge in [-0.1, -0.05) is 25.6 Å². The summed E-state index contributed by atoms with van der Waals surface area (Å²) < 4.78 is 1.74. The number of hydrogen-bond donors (Lipinski definition) is 2. The number of aromatic nitrogens is 2. The lowest BCUT2D eigenvalue weighted by molar-refractivity contribution is -0.119. The van der Waals surface area contributed by atoms with Crippen LogP contribution in [0.4, 0.5) is 4.79 Å². The third-order valence-electron chi connectivity index (χ3n) is 5.77. The van der Waals surface area contributed by atoms with Crippen molar-refractivity contribution < 1.29 is 9.59 Å². The first kappa shape index (κ1) is 22.3. The summed E-state index contributed by atoms with van der Waals surface area (Å²) >= 11 is 2.87. The summed E-state index contributed by atoms with van der Waals surface area (Å²) in [5.74, 6) is 0.0714. The number of amides is 3. The van der Waals surface area contributed by atoms with Crippen molar-refractivity contribution in [3.05, 3.63) is 20.8 Å². The first-order valence-corrected chi connectivity index (χ1v) is 12.9. The largest absolute Gasteiger partial charge is 0.335 e. The van der Waals surface area contributed by atoms with Gasteiger partial charge in [-0.3, -0.25) is 19.5 Å². The zero-order valence-corrected chi connectivity index (χ0v) is 20.0. The number of urea groups is 1. The number of carbonyl (C=O) groups is 2. The van der Waals surface area contributed by atoms with Gasteiger partial charge in [-0.05, 0) is 63.4 Å². The van der Waals surface area contributed by atoms with Crippen LogP contribution in [0.5, 0.6) is 0 Å². The van der Waals surface area contributed by atoms with Gasteiger partial charge in [0.05, 0.1) is 10.6 Å². The molecule has 2 heterocycles. The van der Waals surface area contributed by atoms with Gasteiger partial charge in [0.1, 0.15) is 4.83 Å². The molecule has 0 radical (unpaired) electrons. The molecule has 0 aromatic carbocycles. The van der Waals surface area contributed by atoms with Crippen molar-refractivity contribution in [2.75, 3.05) is 0 Å². The summed E-state index contributed by atoms with van der Waals surface area (Å²) in [4.78, 5) is 44.9. The molecule has 0 aliphatic heterocycles. The van der Waals surface area contributed by atoms with Crippen molar-refractivity contribution in [2.45, 2.75) is 88.7 Å². The third kappa shape index (κ3) is 5.14. The quantitative estimate of drug-likeness (QED) is 0.482. The summed E-state index contributed by atoms with van der Waals surface area (Å²) in [6, 6.07) is -0.266. The Balaban J connectivity index is 1.61. The number of carbonyl (C=O) groups excluding carboxylic acids is 2. The molecule has 0 spiro atoms. The standard InChI is InChI=1S/C22H30N4O3S2/c1-12(2)10-11-26-20(28)17-15-6-4-5-7-16(15)31-19(17)25-22(26)30-13(3)18(27)24-21(29)23-14-8-9-14/h12-14H,4-11H2,1-3H3,(H2,23,24,27,29). The van der Waals surface area contributed by atoms with Crippen molar-refractivity contribution in [1.29, 1.82) is 0 Å². The van der Waals surface area contributed by atoms with E-state index in [0.29, 0.717) is 17.6 Å². The van der Waals surface area contributed by atoms with Crippen LogP contribution in [0, 0.1) is 5.92 Å². The zero-order chi connectivity index (χ0) is 22.1. The number of rotatable bonds is 7. The van der Waals surface area contributed by atoms with E-state index in [1.807, 2.05) is 0 Å². The maximum atomic E-state index is 13.5. The van der Waals surface area contributed by atoms with Crippen LogP contribution in [-0.2, 0) is 24.2 Å². The van der Waals surface area contributed by atoms with Crippen LogP contribution in [0.2, 0.25) is 0 Å². The van der Waals surface area contributed by atoms with E-state index in [0.717, 1.165) is 55.2 Å². The molecular formula is C22H30N4O3S2. The van der Waals surface area contributed by atoms with Crippen molar-refractivity contribution in [3.63, 3.8) is 0 Å². The van der Waals surface area contributed by atoms with Gasteiger partial charge in [-0.15, -0.1) is 11.3 Å². The Hall–Kier alpha value is -1.87. The average Bonchev–Trinajstić information content (AvgIpc) is 3.44. The van der Waals surface area contributed by atoms with Crippen LogP contribution in [-0.4, -0.2) is 32.8 Å². The van der Waals surface area contributed by atoms with Gasteiger partial charge < -0.3 is 5.32 Å². The molecule has 2 N–H and O–H groups in total. The van der Waals surface area contributed by atoms with Gasteiger partial charge in [-0.2, -0.15) is 0 Å². The number of hydrogen-bond acceptors (Lipinski definition) is 6. The second-order valence-electron chi connectivity index (χ2n) is 8.92. The van der Waals surface area contributed by atoms with E-state index in [2.05, 4.69) is 24.5 Å². The lowest BCUT2D eigenvalue weighted by atomic mass is 9.97. The molecule has 3 amide bonds. The molecule has 2 aromatic heterocycles. The highest BCUT2D eigenvalue weighted by Crippen LogP contribution is 2.35. The fourth-order valence-electron chi connectivity index (χ4n) is 3.77. The molecule has 0 bridgehead atoms. The highest BCUT2D eigenvalue weighted by Gasteiger charge is 2.27. The maximum absolute atomic E-state index is 13.5. The first-order valence-electron chi connectivity index (χ1n) is 11.2. The summed E-state index contributed by atoms with van der Waals surface area (Å²) in [5.41, 5.74) is 1.19. The van der Waals surface area contributed by atoms with Gasteiger partial charge in [0, 0.05) is 17.5 Å². The number of aryl methyl sites for hydroxylation is 2. The topological polar surface area (TPSA) is 93.1 Å². The molecule has 1 unspecified atom stereocenters. The van der Waals surface area contributed by atoms with Gasteiger partial charge >= 0.3 is 6.03 Å². The number of fused-ring (bicyclic) bond motifs is 3. The number of imide groups is 1. The Kier molecular flexibility index (Phi) is 6.71. The van der Waals surface area contributed by atoms with E-state index in [1.165, 1.54) is 22.2 Å². The number of nitrogens with zero attached hydrogens (tertiary/aromatic N) is 2. The van der Waals surface area contributed by atoms with Crippen molar-refractivity contribution >= 4 is 45.3 Å². The molecule has 31 heavy (non-hydrogen) atoms. The van der Waals surface area contributed by atoms with Crippen molar-refractivity contribution in [2.24, 2.45) is 5.92 Å². The molecule has 2 aromatic rings. The minimum absolute atomic E-state index is 0.00614. The van der Waals surface area contributed by atoms with E-state index < -0.39 is 11.3 Å². The van der Waals surface area contributed by atoms with Crippen LogP contribution >= 0.6 is 23.1 Å². The van der Waals surface area contributed by atoms with Crippen LogP contribution < -0.4 is 16.2 Å². The monoisotopic (exact) mass is 462 g/mol. The number of thiophene rings is 1. The van der Waals surface area contributed by atoms with E-state index in [4.69, 9.17) is 4.98 Å². The van der Waals surface area contributed by atoms with Gasteiger partial charge in [0.25, 0.3) is 5.56 Å². The molecule has 1 atom stereocenters. The lowest BCUT2D eigenvalue weighted by Gasteiger charge is -2.17. The molecule has 2 aliphatic carbocycles. The predicted molar refractivity (Wildman–Crippen MR) is 125 cm³/mol. The zero-order valence-electron chi connectivity index (χ0n) is 18.3. The Labute approximate surface area is 190 Å². The fourth-order valence-corrected chi connectivity index (χ4v) is 6.01. The fraction of sp³-hybridized carbons (Fsp3) is 0.636. The number of nitrogens with one attached hydrogen (secondary N) is 2. The van der Waals surface area contributed by atoms with Crippen LogP contribution in [0.25, 0.3) is 10.2 Å². The molecule has 1 saturated carbocycles. The maximum Gasteiger partial charge on any atom is 0.321 e. The molecule has 2 aliphatic rings. The molecule has 1 fully saturated rings. The van der Waals surface area contributed by atoms with Gasteiger partial charge in [0.15, 0.2) is 5.16 Å². The SMILES string of the molecule is CC(C)CCn1c(SC(C)C(=O)NC(=O)NC2CC2)nc2sc3c(c2c1=O)CCCC3. The van der Waals surface area contributed by atoms with Crippen LogP contribution in [0.1, 0.15) is 63.3 Å². The van der Waals surface area contributed by atoms with Crippen LogP contribution in [0.15, 0.2) is 9.95 Å². The summed E-state index contributed by atoms with van der Waals surface area (Å²) in [6.07, 6.45) is 7.00. The third-order valence-corrected chi connectivity index (χ3v) is 8.05. The Bertz CT molecular complexity index is 1060. The van der Waals surface area contributed by atoms with Crippen molar-refractivity contribution in [1.82, 2.24) is 20.2 Å². The average molecular weight is 463 g/mol. The number of thioether (sulfide) groups is 1. The minimum Gasteiger partial charge on any atom is -0.335 e. The van der Waals surface area contributed by atoms with E-state index in [1.54, 1.807) is 22.8 Å². The Morgan fingerprint density at radius 1 is 1.23 bits per heavy atom. The van der Waals surface area contributed by atoms with Crippen LogP contribution in [0.3, 0.4) is 0 Å². The van der Waals surface area contributed by atoms with Crippen molar-refractivity contribution in [3.8, 4) is 0 Å². The smallest absolute Gasteiger partial charge is 0.321 e. The Morgan fingerprint density at radius 2 is 1.97 bits per heavy atom. The van der Waals surface area contributed by atoms with E-state index >= 15 is 0 Å². The van der Waals surface area contributed by atoms with Gasteiger partial charge in [-0.25, -0.2) is 9.78 Å².